The third-order valence-electron chi connectivity index (χ3n) is 5.95. The average molecular weight is 337 g/mol. The van der Waals surface area contributed by atoms with Crippen molar-refractivity contribution in [3.63, 3.8) is 0 Å². The smallest absolute Gasteiger partial charge is 0.223 e. The Morgan fingerprint density at radius 1 is 1.00 bits per heavy atom. The van der Waals surface area contributed by atoms with Crippen molar-refractivity contribution in [1.29, 1.82) is 0 Å². The Hall–Kier alpha value is -2.03. The standard InChI is InChI=1S/C22H27NO2/c24-22(23-15-14-17-6-4-5-9-19(17)16-23)13-11-20-10-12-21(25-20)18-7-2-1-3-8-18/h1-3,7-8,10,12,17,19H,4-6,9,11,13-16H2/t17-,19+/m0/s1. The van der Waals surface area contributed by atoms with E-state index in [0.29, 0.717) is 18.7 Å². The van der Waals surface area contributed by atoms with Crippen molar-refractivity contribution in [2.24, 2.45) is 11.8 Å². The summed E-state index contributed by atoms with van der Waals surface area (Å²) in [7, 11) is 0. The van der Waals surface area contributed by atoms with Crippen molar-refractivity contribution < 1.29 is 9.21 Å². The average Bonchev–Trinajstić information content (AvgIpc) is 3.15. The first-order valence-electron chi connectivity index (χ1n) is 9.71. The topological polar surface area (TPSA) is 33.5 Å². The molecule has 1 aromatic heterocycles. The van der Waals surface area contributed by atoms with Crippen molar-refractivity contribution in [2.45, 2.75) is 44.9 Å². The number of hydrogen-bond acceptors (Lipinski definition) is 2. The Morgan fingerprint density at radius 2 is 1.80 bits per heavy atom. The van der Waals surface area contributed by atoms with Crippen LogP contribution in [0.4, 0.5) is 0 Å². The van der Waals surface area contributed by atoms with Crippen LogP contribution in [-0.2, 0) is 11.2 Å². The van der Waals surface area contributed by atoms with E-state index in [4.69, 9.17) is 4.42 Å². The number of nitrogens with zero attached hydrogens (tertiary/aromatic N) is 1. The van der Waals surface area contributed by atoms with Gasteiger partial charge in [-0.1, -0.05) is 49.6 Å². The molecule has 2 atom stereocenters. The lowest BCUT2D eigenvalue weighted by atomic mass is 9.75. The number of carbonyl (C=O) groups is 1. The molecule has 3 nitrogen and oxygen atoms in total. The lowest BCUT2D eigenvalue weighted by Gasteiger charge is -2.41. The van der Waals surface area contributed by atoms with Crippen LogP contribution in [0.3, 0.4) is 0 Å². The summed E-state index contributed by atoms with van der Waals surface area (Å²) < 4.78 is 5.92. The zero-order valence-corrected chi connectivity index (χ0v) is 14.8. The van der Waals surface area contributed by atoms with Crippen LogP contribution < -0.4 is 0 Å². The van der Waals surface area contributed by atoms with Gasteiger partial charge in [-0.2, -0.15) is 0 Å². The number of benzene rings is 1. The first-order chi connectivity index (χ1) is 12.3. The zero-order valence-electron chi connectivity index (χ0n) is 14.8. The molecule has 2 aliphatic rings. The van der Waals surface area contributed by atoms with Crippen molar-refractivity contribution in [2.75, 3.05) is 13.1 Å². The summed E-state index contributed by atoms with van der Waals surface area (Å²) in [5.41, 5.74) is 1.08. The van der Waals surface area contributed by atoms with Crippen LogP contribution in [-0.4, -0.2) is 23.9 Å². The summed E-state index contributed by atoms with van der Waals surface area (Å²) in [5, 5.41) is 0. The van der Waals surface area contributed by atoms with Gasteiger partial charge in [-0.25, -0.2) is 0 Å². The van der Waals surface area contributed by atoms with Crippen LogP contribution in [0.5, 0.6) is 0 Å². The highest BCUT2D eigenvalue weighted by Crippen LogP contribution is 2.36. The Labute approximate surface area is 150 Å². The molecule has 0 radical (unpaired) electrons. The van der Waals surface area contributed by atoms with E-state index in [1.807, 2.05) is 42.5 Å². The lowest BCUT2D eigenvalue weighted by Crippen LogP contribution is -2.44. The Kier molecular flexibility index (Phi) is 4.91. The zero-order chi connectivity index (χ0) is 17.1. The third-order valence-corrected chi connectivity index (χ3v) is 5.95. The van der Waals surface area contributed by atoms with Gasteiger partial charge in [0.2, 0.25) is 5.91 Å². The van der Waals surface area contributed by atoms with E-state index in [0.717, 1.165) is 42.0 Å². The molecule has 2 heterocycles. The second-order valence-corrected chi connectivity index (χ2v) is 7.57. The molecular formula is C22H27NO2. The number of fused-ring (bicyclic) bond motifs is 1. The molecule has 0 spiro atoms. The monoisotopic (exact) mass is 337 g/mol. The van der Waals surface area contributed by atoms with E-state index in [1.165, 1.54) is 32.1 Å². The molecule has 25 heavy (non-hydrogen) atoms. The second kappa shape index (κ2) is 7.47. The van der Waals surface area contributed by atoms with Crippen LogP contribution >= 0.6 is 0 Å². The molecule has 0 bridgehead atoms. The number of furan rings is 1. The Bertz CT molecular complexity index is 706. The number of likely N-dealkylation sites (tertiary alicyclic amines) is 1. The van der Waals surface area contributed by atoms with Crippen molar-refractivity contribution in [1.82, 2.24) is 4.90 Å². The lowest BCUT2D eigenvalue weighted by molar-refractivity contribution is -0.134. The van der Waals surface area contributed by atoms with Gasteiger partial charge in [0.15, 0.2) is 0 Å². The molecular weight excluding hydrogens is 310 g/mol. The summed E-state index contributed by atoms with van der Waals surface area (Å²) in [4.78, 5) is 14.7. The predicted octanol–water partition coefficient (Wildman–Crippen LogP) is 4.92. The van der Waals surface area contributed by atoms with E-state index < -0.39 is 0 Å². The predicted molar refractivity (Wildman–Crippen MR) is 99.1 cm³/mol. The maximum Gasteiger partial charge on any atom is 0.223 e. The quantitative estimate of drug-likeness (QED) is 0.793. The van der Waals surface area contributed by atoms with E-state index in [2.05, 4.69) is 4.90 Å². The summed E-state index contributed by atoms with van der Waals surface area (Å²) in [6.07, 6.45) is 7.87. The number of amides is 1. The molecule has 2 fully saturated rings. The van der Waals surface area contributed by atoms with Crippen molar-refractivity contribution in [3.8, 4) is 11.3 Å². The van der Waals surface area contributed by atoms with Gasteiger partial charge in [0.25, 0.3) is 0 Å². The van der Waals surface area contributed by atoms with E-state index in [-0.39, 0.29) is 0 Å². The maximum atomic E-state index is 12.6. The van der Waals surface area contributed by atoms with Gasteiger partial charge in [-0.15, -0.1) is 0 Å². The fourth-order valence-electron chi connectivity index (χ4n) is 4.49. The maximum absolute atomic E-state index is 12.6. The molecule has 4 rings (SSSR count). The molecule has 1 aliphatic carbocycles. The molecule has 0 unspecified atom stereocenters. The highest BCUT2D eigenvalue weighted by molar-refractivity contribution is 5.76. The fraction of sp³-hybridized carbons (Fsp3) is 0.500. The van der Waals surface area contributed by atoms with E-state index in [1.54, 1.807) is 0 Å². The van der Waals surface area contributed by atoms with Crippen LogP contribution in [0.2, 0.25) is 0 Å². The van der Waals surface area contributed by atoms with Gasteiger partial charge in [-0.05, 0) is 36.8 Å². The van der Waals surface area contributed by atoms with Gasteiger partial charge in [0.05, 0.1) is 0 Å². The van der Waals surface area contributed by atoms with Gasteiger partial charge in [-0.3, -0.25) is 4.79 Å². The van der Waals surface area contributed by atoms with Gasteiger partial charge >= 0.3 is 0 Å². The second-order valence-electron chi connectivity index (χ2n) is 7.57. The number of rotatable bonds is 4. The van der Waals surface area contributed by atoms with Gasteiger partial charge in [0, 0.05) is 31.5 Å². The van der Waals surface area contributed by atoms with Gasteiger partial charge in [0.1, 0.15) is 11.5 Å². The SMILES string of the molecule is O=C(CCc1ccc(-c2ccccc2)o1)N1CC[C@@H]2CCCC[C@@H]2C1. The third kappa shape index (κ3) is 3.81. The summed E-state index contributed by atoms with van der Waals surface area (Å²) in [6, 6.07) is 14.1. The molecule has 1 aromatic carbocycles. The molecule has 132 valence electrons. The minimum absolute atomic E-state index is 0.293. The van der Waals surface area contributed by atoms with Crippen LogP contribution in [0.15, 0.2) is 46.9 Å². The molecule has 1 aliphatic heterocycles. The number of carbonyl (C=O) groups excluding carboxylic acids is 1. The van der Waals surface area contributed by atoms with Gasteiger partial charge < -0.3 is 9.32 Å². The minimum atomic E-state index is 0.293. The van der Waals surface area contributed by atoms with Crippen LogP contribution in [0.1, 0.15) is 44.3 Å². The van der Waals surface area contributed by atoms with E-state index >= 15 is 0 Å². The molecule has 0 N–H and O–H groups in total. The van der Waals surface area contributed by atoms with Crippen LogP contribution in [0.25, 0.3) is 11.3 Å². The number of piperidine rings is 1. The first kappa shape index (κ1) is 16.4. The van der Waals surface area contributed by atoms with E-state index in [9.17, 15) is 4.79 Å². The normalized spacial score (nSPS) is 23.3. The Balaban J connectivity index is 1.31. The highest BCUT2D eigenvalue weighted by atomic mass is 16.3. The highest BCUT2D eigenvalue weighted by Gasteiger charge is 2.32. The molecule has 1 amide bonds. The molecule has 1 saturated heterocycles. The summed E-state index contributed by atoms with van der Waals surface area (Å²) in [6.45, 7) is 1.93. The summed E-state index contributed by atoms with van der Waals surface area (Å²) in [5.74, 6) is 3.70. The molecule has 2 aromatic rings. The van der Waals surface area contributed by atoms with Crippen molar-refractivity contribution >= 4 is 5.91 Å². The minimum Gasteiger partial charge on any atom is -0.461 e. The largest absolute Gasteiger partial charge is 0.461 e. The number of hydrogen-bond donors (Lipinski definition) is 0. The fourth-order valence-corrected chi connectivity index (χ4v) is 4.49. The first-order valence-corrected chi connectivity index (χ1v) is 9.71. The van der Waals surface area contributed by atoms with Crippen molar-refractivity contribution in [3.05, 3.63) is 48.2 Å². The number of aryl methyl sites for hydroxylation is 1. The molecule has 3 heteroatoms. The van der Waals surface area contributed by atoms with Crippen LogP contribution in [0, 0.1) is 11.8 Å². The molecule has 1 saturated carbocycles. The summed E-state index contributed by atoms with van der Waals surface area (Å²) >= 11 is 0. The Morgan fingerprint density at radius 3 is 2.64 bits per heavy atom.